The molecule has 0 fully saturated rings. The van der Waals surface area contributed by atoms with Crippen LogP contribution in [-0.2, 0) is 14.8 Å². The SMILES string of the molecule is CC[C@H](C(=O)Nc1ccc2ccccc2c1)N(c1ccc(Cl)cc1)S(C)(=O)=O. The van der Waals surface area contributed by atoms with Gasteiger partial charge in [0.15, 0.2) is 0 Å². The number of nitrogens with one attached hydrogen (secondary N) is 1. The van der Waals surface area contributed by atoms with E-state index in [2.05, 4.69) is 5.32 Å². The summed E-state index contributed by atoms with van der Waals surface area (Å²) in [5, 5.41) is 5.39. The van der Waals surface area contributed by atoms with Crippen LogP contribution < -0.4 is 9.62 Å². The van der Waals surface area contributed by atoms with Crippen molar-refractivity contribution < 1.29 is 13.2 Å². The quantitative estimate of drug-likeness (QED) is 0.634. The third-order valence-corrected chi connectivity index (χ3v) is 5.86. The summed E-state index contributed by atoms with van der Waals surface area (Å²) in [5.74, 6) is -0.391. The molecule has 3 rings (SSSR count). The van der Waals surface area contributed by atoms with Crippen LogP contribution in [0.5, 0.6) is 0 Å². The first-order valence-electron chi connectivity index (χ1n) is 8.84. The van der Waals surface area contributed by atoms with Crippen LogP contribution in [-0.4, -0.2) is 26.6 Å². The average Bonchev–Trinajstić information content (AvgIpc) is 2.66. The van der Waals surface area contributed by atoms with Crippen LogP contribution in [0.4, 0.5) is 11.4 Å². The number of anilines is 2. The standard InChI is InChI=1S/C21H21ClN2O3S/c1-3-20(24(28(2,26)27)19-12-9-17(22)10-13-19)21(25)23-18-11-8-15-6-4-5-7-16(15)14-18/h4-14,20H,3H2,1-2H3,(H,23,25)/t20-/m1/s1. The van der Waals surface area contributed by atoms with Gasteiger partial charge in [0.1, 0.15) is 6.04 Å². The van der Waals surface area contributed by atoms with Gasteiger partial charge in [-0.05, 0) is 53.6 Å². The van der Waals surface area contributed by atoms with Crippen molar-refractivity contribution in [3.05, 3.63) is 71.8 Å². The number of carbonyl (C=O) groups excluding carboxylic acids is 1. The third-order valence-electron chi connectivity index (χ3n) is 4.43. The van der Waals surface area contributed by atoms with Gasteiger partial charge >= 0.3 is 0 Å². The van der Waals surface area contributed by atoms with Crippen LogP contribution >= 0.6 is 11.6 Å². The maximum absolute atomic E-state index is 13.0. The van der Waals surface area contributed by atoms with E-state index in [1.54, 1.807) is 37.3 Å². The number of sulfonamides is 1. The van der Waals surface area contributed by atoms with Crippen molar-refractivity contribution in [2.45, 2.75) is 19.4 Å². The van der Waals surface area contributed by atoms with Crippen LogP contribution in [0, 0.1) is 0 Å². The number of hydrogen-bond donors (Lipinski definition) is 1. The Bertz CT molecular complexity index is 1100. The Hall–Kier alpha value is -2.57. The molecule has 5 nitrogen and oxygen atoms in total. The van der Waals surface area contributed by atoms with E-state index in [0.29, 0.717) is 22.8 Å². The fourth-order valence-electron chi connectivity index (χ4n) is 3.14. The lowest BCUT2D eigenvalue weighted by atomic mass is 10.1. The average molecular weight is 417 g/mol. The van der Waals surface area contributed by atoms with E-state index in [-0.39, 0.29) is 0 Å². The van der Waals surface area contributed by atoms with E-state index >= 15 is 0 Å². The number of nitrogens with zero attached hydrogens (tertiary/aromatic N) is 1. The van der Waals surface area contributed by atoms with Gasteiger partial charge in [-0.3, -0.25) is 9.10 Å². The molecule has 28 heavy (non-hydrogen) atoms. The monoisotopic (exact) mass is 416 g/mol. The first-order valence-corrected chi connectivity index (χ1v) is 11.1. The zero-order valence-corrected chi connectivity index (χ0v) is 17.2. The Labute approximate surface area is 170 Å². The molecule has 1 N–H and O–H groups in total. The minimum atomic E-state index is -3.68. The zero-order valence-electron chi connectivity index (χ0n) is 15.6. The van der Waals surface area contributed by atoms with Crippen molar-refractivity contribution in [3.8, 4) is 0 Å². The number of benzene rings is 3. The predicted molar refractivity (Wildman–Crippen MR) is 115 cm³/mol. The lowest BCUT2D eigenvalue weighted by Crippen LogP contribution is -2.46. The molecule has 0 heterocycles. The Kier molecular flexibility index (Phi) is 5.91. The van der Waals surface area contributed by atoms with Crippen LogP contribution in [0.25, 0.3) is 10.8 Å². The van der Waals surface area contributed by atoms with Gasteiger partial charge < -0.3 is 5.32 Å². The Morgan fingerprint density at radius 3 is 2.29 bits per heavy atom. The molecule has 0 unspecified atom stereocenters. The van der Waals surface area contributed by atoms with Crippen LogP contribution in [0.15, 0.2) is 66.7 Å². The van der Waals surface area contributed by atoms with Crippen molar-refractivity contribution in [3.63, 3.8) is 0 Å². The molecule has 3 aromatic rings. The van der Waals surface area contributed by atoms with Gasteiger partial charge in [-0.25, -0.2) is 8.42 Å². The second kappa shape index (κ2) is 8.20. The summed E-state index contributed by atoms with van der Waals surface area (Å²) in [6.45, 7) is 1.78. The summed E-state index contributed by atoms with van der Waals surface area (Å²) in [6.07, 6.45) is 1.41. The third kappa shape index (κ3) is 4.46. The molecule has 3 aromatic carbocycles. The summed E-state index contributed by atoms with van der Waals surface area (Å²) in [5.41, 5.74) is 1.01. The number of hydrogen-bond acceptors (Lipinski definition) is 3. The fourth-order valence-corrected chi connectivity index (χ4v) is 4.48. The highest BCUT2D eigenvalue weighted by atomic mass is 35.5. The summed E-state index contributed by atoms with van der Waals surface area (Å²) in [7, 11) is -3.68. The van der Waals surface area contributed by atoms with Crippen LogP contribution in [0.3, 0.4) is 0 Å². The van der Waals surface area contributed by atoms with Gasteiger partial charge in [0, 0.05) is 10.7 Å². The van der Waals surface area contributed by atoms with E-state index in [9.17, 15) is 13.2 Å². The molecular weight excluding hydrogens is 396 g/mol. The lowest BCUT2D eigenvalue weighted by Gasteiger charge is -2.30. The minimum Gasteiger partial charge on any atom is -0.324 e. The summed E-state index contributed by atoms with van der Waals surface area (Å²) in [4.78, 5) is 13.0. The van der Waals surface area contributed by atoms with Gasteiger partial charge in [0.05, 0.1) is 11.9 Å². The van der Waals surface area contributed by atoms with Gasteiger partial charge in [0.2, 0.25) is 15.9 Å². The number of rotatable bonds is 6. The van der Waals surface area contributed by atoms with E-state index in [1.165, 1.54) is 0 Å². The minimum absolute atomic E-state index is 0.315. The van der Waals surface area contributed by atoms with Crippen molar-refractivity contribution in [1.82, 2.24) is 0 Å². The Morgan fingerprint density at radius 1 is 1.04 bits per heavy atom. The molecule has 0 aromatic heterocycles. The molecule has 7 heteroatoms. The Morgan fingerprint density at radius 2 is 1.68 bits per heavy atom. The molecule has 0 saturated heterocycles. The molecule has 0 aliphatic heterocycles. The molecule has 1 atom stereocenters. The summed E-state index contributed by atoms with van der Waals surface area (Å²) < 4.78 is 26.1. The number of amides is 1. The molecule has 1 amide bonds. The number of fused-ring (bicyclic) bond motifs is 1. The Balaban J connectivity index is 1.92. The van der Waals surface area contributed by atoms with E-state index < -0.39 is 22.0 Å². The normalized spacial score (nSPS) is 12.5. The molecule has 0 radical (unpaired) electrons. The van der Waals surface area contributed by atoms with Gasteiger partial charge in [-0.15, -0.1) is 0 Å². The first kappa shape index (κ1) is 20.2. The van der Waals surface area contributed by atoms with E-state index in [4.69, 9.17) is 11.6 Å². The molecule has 0 aliphatic rings. The summed E-state index contributed by atoms with van der Waals surface area (Å²) >= 11 is 5.91. The lowest BCUT2D eigenvalue weighted by molar-refractivity contribution is -0.117. The molecule has 0 bridgehead atoms. The summed E-state index contributed by atoms with van der Waals surface area (Å²) in [6, 6.07) is 18.9. The van der Waals surface area contributed by atoms with Crippen molar-refractivity contribution >= 4 is 49.7 Å². The smallest absolute Gasteiger partial charge is 0.248 e. The molecule has 0 spiro atoms. The number of carbonyl (C=O) groups is 1. The second-order valence-corrected chi connectivity index (χ2v) is 8.81. The van der Waals surface area contributed by atoms with Crippen molar-refractivity contribution in [2.24, 2.45) is 0 Å². The molecule has 0 aliphatic carbocycles. The van der Waals surface area contributed by atoms with Gasteiger partial charge in [-0.2, -0.15) is 0 Å². The largest absolute Gasteiger partial charge is 0.324 e. The predicted octanol–water partition coefficient (Wildman–Crippen LogP) is 4.68. The van der Waals surface area contributed by atoms with E-state index in [1.807, 2.05) is 36.4 Å². The maximum atomic E-state index is 13.0. The fraction of sp³-hybridized carbons (Fsp3) is 0.190. The zero-order chi connectivity index (χ0) is 20.3. The maximum Gasteiger partial charge on any atom is 0.248 e. The van der Waals surface area contributed by atoms with Gasteiger partial charge in [-0.1, -0.05) is 48.9 Å². The highest BCUT2D eigenvalue weighted by molar-refractivity contribution is 7.92. The molecular formula is C21H21ClN2O3S. The topological polar surface area (TPSA) is 66.5 Å². The highest BCUT2D eigenvalue weighted by Crippen LogP contribution is 2.25. The molecule has 146 valence electrons. The van der Waals surface area contributed by atoms with Crippen molar-refractivity contribution in [1.29, 1.82) is 0 Å². The first-order chi connectivity index (χ1) is 13.3. The van der Waals surface area contributed by atoms with E-state index in [0.717, 1.165) is 21.3 Å². The highest BCUT2D eigenvalue weighted by Gasteiger charge is 2.31. The van der Waals surface area contributed by atoms with Crippen LogP contribution in [0.2, 0.25) is 5.02 Å². The second-order valence-electron chi connectivity index (χ2n) is 6.51. The van der Waals surface area contributed by atoms with Crippen molar-refractivity contribution in [2.75, 3.05) is 15.9 Å². The van der Waals surface area contributed by atoms with Crippen LogP contribution in [0.1, 0.15) is 13.3 Å². The van der Waals surface area contributed by atoms with Gasteiger partial charge in [0.25, 0.3) is 0 Å². The molecule has 0 saturated carbocycles. The number of halogens is 1.